The Morgan fingerprint density at radius 1 is 1.47 bits per heavy atom. The second kappa shape index (κ2) is 5.88. The van der Waals surface area contributed by atoms with Crippen molar-refractivity contribution < 1.29 is 4.21 Å². The molecule has 4 heteroatoms. The summed E-state index contributed by atoms with van der Waals surface area (Å²) in [4.78, 5) is 0. The van der Waals surface area contributed by atoms with Crippen LogP contribution in [0, 0.1) is 0 Å². The molecule has 0 aromatic heterocycles. The molecule has 0 saturated carbocycles. The predicted octanol–water partition coefficient (Wildman–Crippen LogP) is 1.13. The molecule has 2 unspecified atom stereocenters. The van der Waals surface area contributed by atoms with Gasteiger partial charge in [-0.05, 0) is 18.6 Å². The zero-order chi connectivity index (χ0) is 11.3. The Labute approximate surface area is 93.5 Å². The van der Waals surface area contributed by atoms with Gasteiger partial charge < -0.3 is 11.1 Å². The lowest BCUT2D eigenvalue weighted by atomic mass is 10.2. The molecular weight excluding hydrogens is 208 g/mol. The van der Waals surface area contributed by atoms with Gasteiger partial charge in [-0.1, -0.05) is 18.2 Å². The Morgan fingerprint density at radius 3 is 2.73 bits per heavy atom. The van der Waals surface area contributed by atoms with Gasteiger partial charge in [0.2, 0.25) is 0 Å². The zero-order valence-corrected chi connectivity index (χ0v) is 10.0. The molecule has 0 saturated heterocycles. The summed E-state index contributed by atoms with van der Waals surface area (Å²) in [5, 5.41) is 3.30. The molecule has 0 heterocycles. The van der Waals surface area contributed by atoms with E-state index in [1.165, 1.54) is 0 Å². The van der Waals surface area contributed by atoms with E-state index in [1.54, 1.807) is 6.26 Å². The maximum Gasteiger partial charge on any atom is 0.0383 e. The van der Waals surface area contributed by atoms with E-state index in [0.717, 1.165) is 17.8 Å². The van der Waals surface area contributed by atoms with Crippen LogP contribution in [0.15, 0.2) is 24.3 Å². The van der Waals surface area contributed by atoms with Gasteiger partial charge >= 0.3 is 0 Å². The van der Waals surface area contributed by atoms with Gasteiger partial charge in [0.05, 0.1) is 0 Å². The first-order valence-electron chi connectivity index (χ1n) is 4.96. The normalized spacial score (nSPS) is 14.8. The minimum absolute atomic E-state index is 0.246. The van der Waals surface area contributed by atoms with Gasteiger partial charge in [0.25, 0.3) is 0 Å². The summed E-state index contributed by atoms with van der Waals surface area (Å²) >= 11 is 0. The van der Waals surface area contributed by atoms with Crippen LogP contribution in [0.5, 0.6) is 0 Å². The molecular formula is C11H18N2OS. The number of rotatable bonds is 5. The highest BCUT2D eigenvalue weighted by molar-refractivity contribution is 7.84. The quantitative estimate of drug-likeness (QED) is 0.740. The number of hydrogen-bond donors (Lipinski definition) is 2. The van der Waals surface area contributed by atoms with Crippen LogP contribution in [-0.4, -0.2) is 22.3 Å². The summed E-state index contributed by atoms with van der Waals surface area (Å²) in [5.74, 6) is 0.673. The summed E-state index contributed by atoms with van der Waals surface area (Å²) in [5.41, 5.74) is 7.70. The van der Waals surface area contributed by atoms with Gasteiger partial charge in [-0.2, -0.15) is 0 Å². The van der Waals surface area contributed by atoms with Crippen LogP contribution in [0.1, 0.15) is 12.5 Å². The third kappa shape index (κ3) is 4.44. The van der Waals surface area contributed by atoms with Crippen LogP contribution >= 0.6 is 0 Å². The summed E-state index contributed by atoms with van der Waals surface area (Å²) in [6.45, 7) is 2.76. The van der Waals surface area contributed by atoms with E-state index < -0.39 is 10.8 Å². The van der Waals surface area contributed by atoms with Crippen molar-refractivity contribution in [3.8, 4) is 0 Å². The molecule has 0 radical (unpaired) electrons. The minimum atomic E-state index is -0.753. The summed E-state index contributed by atoms with van der Waals surface area (Å²) in [7, 11) is -0.753. The summed E-state index contributed by atoms with van der Waals surface area (Å²) in [6, 6.07) is 8.02. The minimum Gasteiger partial charge on any atom is -0.398 e. The molecule has 1 rings (SSSR count). The Hall–Kier alpha value is -0.870. The van der Waals surface area contributed by atoms with Gasteiger partial charge in [-0.15, -0.1) is 0 Å². The topological polar surface area (TPSA) is 55.1 Å². The number of hydrogen-bond acceptors (Lipinski definition) is 3. The van der Waals surface area contributed by atoms with Crippen molar-refractivity contribution in [3.05, 3.63) is 29.8 Å². The fraction of sp³-hybridized carbons (Fsp3) is 0.455. The van der Waals surface area contributed by atoms with E-state index in [4.69, 9.17) is 5.73 Å². The van der Waals surface area contributed by atoms with Crippen LogP contribution in [-0.2, 0) is 17.3 Å². The highest BCUT2D eigenvalue weighted by Crippen LogP contribution is 2.09. The second-order valence-corrected chi connectivity index (χ2v) is 5.20. The van der Waals surface area contributed by atoms with Gasteiger partial charge in [-0.3, -0.25) is 4.21 Å². The average Bonchev–Trinajstić information content (AvgIpc) is 2.15. The number of para-hydroxylation sites is 1. The number of benzene rings is 1. The maximum absolute atomic E-state index is 11.0. The van der Waals surface area contributed by atoms with Crippen molar-refractivity contribution in [2.45, 2.75) is 19.5 Å². The zero-order valence-electron chi connectivity index (χ0n) is 9.19. The molecule has 0 spiro atoms. The molecule has 3 nitrogen and oxygen atoms in total. The molecule has 15 heavy (non-hydrogen) atoms. The van der Waals surface area contributed by atoms with Crippen molar-refractivity contribution in [2.75, 3.05) is 17.7 Å². The van der Waals surface area contributed by atoms with E-state index in [0.29, 0.717) is 5.75 Å². The lowest BCUT2D eigenvalue weighted by Gasteiger charge is -2.13. The number of nitrogens with one attached hydrogen (secondary N) is 1. The second-order valence-electron chi connectivity index (χ2n) is 3.72. The van der Waals surface area contributed by atoms with E-state index in [9.17, 15) is 4.21 Å². The molecule has 2 atom stereocenters. The molecule has 3 N–H and O–H groups in total. The van der Waals surface area contributed by atoms with Crippen LogP contribution in [0.3, 0.4) is 0 Å². The maximum atomic E-state index is 11.0. The van der Waals surface area contributed by atoms with Crippen molar-refractivity contribution in [2.24, 2.45) is 0 Å². The number of nitrogens with two attached hydrogens (primary N) is 1. The van der Waals surface area contributed by atoms with E-state index >= 15 is 0 Å². The largest absolute Gasteiger partial charge is 0.398 e. The van der Waals surface area contributed by atoms with E-state index in [2.05, 4.69) is 5.32 Å². The molecule has 1 aromatic carbocycles. The smallest absolute Gasteiger partial charge is 0.0383 e. The Bertz CT molecular complexity index is 341. The summed E-state index contributed by atoms with van der Waals surface area (Å²) in [6.07, 6.45) is 1.72. The van der Waals surface area contributed by atoms with Crippen molar-refractivity contribution in [1.29, 1.82) is 0 Å². The molecule has 0 amide bonds. The first-order valence-corrected chi connectivity index (χ1v) is 6.69. The molecule has 1 aromatic rings. The lowest BCUT2D eigenvalue weighted by molar-refractivity contribution is 0.588. The van der Waals surface area contributed by atoms with Crippen molar-refractivity contribution >= 4 is 16.5 Å². The summed E-state index contributed by atoms with van der Waals surface area (Å²) < 4.78 is 11.0. The standard InChI is InChI=1S/C11H18N2OS/c1-9(8-15(2)14)13-7-10-5-3-4-6-11(10)12/h3-6,9,13H,7-8,12H2,1-2H3. The predicted molar refractivity (Wildman–Crippen MR) is 66.1 cm³/mol. The first-order chi connectivity index (χ1) is 7.09. The molecule has 84 valence electrons. The monoisotopic (exact) mass is 226 g/mol. The first kappa shape index (κ1) is 12.2. The fourth-order valence-electron chi connectivity index (χ4n) is 1.39. The van der Waals surface area contributed by atoms with Crippen molar-refractivity contribution in [1.82, 2.24) is 5.32 Å². The highest BCUT2D eigenvalue weighted by Gasteiger charge is 2.04. The van der Waals surface area contributed by atoms with Crippen LogP contribution in [0.2, 0.25) is 0 Å². The molecule has 0 aliphatic carbocycles. The number of anilines is 1. The van der Waals surface area contributed by atoms with Gasteiger partial charge in [0, 0.05) is 41.1 Å². The van der Waals surface area contributed by atoms with Gasteiger partial charge in [0.1, 0.15) is 0 Å². The average molecular weight is 226 g/mol. The highest BCUT2D eigenvalue weighted by atomic mass is 32.2. The van der Waals surface area contributed by atoms with Crippen molar-refractivity contribution in [3.63, 3.8) is 0 Å². The van der Waals surface area contributed by atoms with Crippen LogP contribution in [0.4, 0.5) is 5.69 Å². The van der Waals surface area contributed by atoms with Gasteiger partial charge in [-0.25, -0.2) is 0 Å². The SMILES string of the molecule is CC(CS(C)=O)NCc1ccccc1N. The lowest BCUT2D eigenvalue weighted by Crippen LogP contribution is -2.30. The molecule has 0 aliphatic rings. The Morgan fingerprint density at radius 2 is 2.13 bits per heavy atom. The fourth-order valence-corrected chi connectivity index (χ4v) is 2.21. The van der Waals surface area contributed by atoms with Gasteiger partial charge in [0.15, 0.2) is 0 Å². The van der Waals surface area contributed by atoms with Crippen LogP contribution in [0.25, 0.3) is 0 Å². The third-order valence-corrected chi connectivity index (χ3v) is 3.15. The third-order valence-electron chi connectivity index (χ3n) is 2.18. The van der Waals surface area contributed by atoms with E-state index in [-0.39, 0.29) is 6.04 Å². The van der Waals surface area contributed by atoms with E-state index in [1.807, 2.05) is 31.2 Å². The Balaban J connectivity index is 2.43. The number of nitrogen functional groups attached to an aromatic ring is 1. The molecule has 0 aliphatic heterocycles. The Kier molecular flexibility index (Phi) is 4.78. The molecule has 0 bridgehead atoms. The molecule has 0 fully saturated rings. The van der Waals surface area contributed by atoms with Crippen LogP contribution < -0.4 is 11.1 Å².